The first-order valence-electron chi connectivity index (χ1n) is 11.8. The van der Waals surface area contributed by atoms with Gasteiger partial charge in [-0.25, -0.2) is 14.0 Å². The number of ether oxygens (including phenoxy) is 2. The predicted molar refractivity (Wildman–Crippen MR) is 138 cm³/mol. The Kier molecular flexibility index (Phi) is 10.3. The Morgan fingerprint density at radius 1 is 1.36 bits per heavy atom. The molecular weight excluding hydrogens is 613 g/mol. The molecule has 0 amide bonds. The molecular formula is C21H35FIN4O8P. The zero-order chi connectivity index (χ0) is 26.7. The number of aliphatic hydroxyl groups is 1. The molecule has 36 heavy (non-hydrogen) atoms. The van der Waals surface area contributed by atoms with E-state index in [9.17, 15) is 23.7 Å². The molecule has 2 aliphatic rings. The average Bonchev–Trinajstić information content (AvgIpc) is 3.14. The number of rotatable bonds is 11. The fourth-order valence-electron chi connectivity index (χ4n) is 4.35. The van der Waals surface area contributed by atoms with Gasteiger partial charge in [-0.2, -0.15) is 4.39 Å². The third kappa shape index (κ3) is 7.67. The van der Waals surface area contributed by atoms with E-state index in [0.717, 1.165) is 17.2 Å². The number of H-pyrrole nitrogens is 1. The maximum atomic E-state index is 13.7. The van der Waals surface area contributed by atoms with Crippen LogP contribution >= 0.6 is 30.3 Å². The summed E-state index contributed by atoms with van der Waals surface area (Å²) in [6.45, 7) is 6.45. The zero-order valence-corrected chi connectivity index (χ0v) is 23.9. The number of aromatic amines is 1. The lowest BCUT2D eigenvalue weighted by atomic mass is 9.95. The largest absolute Gasteiger partial charge is 0.408 e. The highest BCUT2D eigenvalue weighted by atomic mass is 127. The van der Waals surface area contributed by atoms with E-state index >= 15 is 0 Å². The standard InChI is InChI=1S/C21H35FIN4O8P/c1-13-10-21(2,3)25-17(34-13)5-8-32-36(31,26(4)7-6-23)33-12-16-15(28)9-18(35-16)27-11-14(22)19(29)24-20(27)30/h11,13,15-18,25,28H,5-10,12H2,1-4H3,(H,24,29,30). The molecule has 3 heterocycles. The van der Waals surface area contributed by atoms with Crippen LogP contribution in [0.3, 0.4) is 0 Å². The molecule has 6 atom stereocenters. The first-order valence-corrected chi connectivity index (χ1v) is 14.8. The van der Waals surface area contributed by atoms with Gasteiger partial charge in [0.15, 0.2) is 0 Å². The quantitative estimate of drug-likeness (QED) is 0.184. The highest BCUT2D eigenvalue weighted by Gasteiger charge is 2.40. The predicted octanol–water partition coefficient (Wildman–Crippen LogP) is 1.73. The van der Waals surface area contributed by atoms with Crippen molar-refractivity contribution in [1.82, 2.24) is 19.5 Å². The van der Waals surface area contributed by atoms with E-state index in [0.29, 0.717) is 17.4 Å². The van der Waals surface area contributed by atoms with Crippen molar-refractivity contribution in [3.05, 3.63) is 32.9 Å². The maximum absolute atomic E-state index is 13.7. The van der Waals surface area contributed by atoms with Gasteiger partial charge in [0.25, 0.3) is 5.56 Å². The fourth-order valence-corrected chi connectivity index (χ4v) is 6.94. The number of alkyl halides is 1. The van der Waals surface area contributed by atoms with Crippen molar-refractivity contribution in [1.29, 1.82) is 0 Å². The van der Waals surface area contributed by atoms with Crippen LogP contribution in [0.2, 0.25) is 0 Å². The number of hydrogen-bond acceptors (Lipinski definition) is 9. The molecule has 0 spiro atoms. The third-order valence-corrected chi connectivity index (χ3v) is 8.55. The van der Waals surface area contributed by atoms with Gasteiger partial charge in [-0.15, -0.1) is 0 Å². The summed E-state index contributed by atoms with van der Waals surface area (Å²) >= 11 is 2.15. The summed E-state index contributed by atoms with van der Waals surface area (Å²) in [5.74, 6) is -1.15. The Bertz CT molecular complexity index is 1060. The molecule has 1 aromatic heterocycles. The molecule has 3 rings (SSSR count). The lowest BCUT2D eigenvalue weighted by molar-refractivity contribution is -0.0943. The zero-order valence-electron chi connectivity index (χ0n) is 20.8. The molecule has 15 heteroatoms. The molecule has 0 bridgehead atoms. The Labute approximate surface area is 222 Å². The van der Waals surface area contributed by atoms with Crippen LogP contribution in [-0.2, 0) is 23.1 Å². The Morgan fingerprint density at radius 2 is 2.08 bits per heavy atom. The van der Waals surface area contributed by atoms with E-state index in [1.165, 1.54) is 4.67 Å². The Hall–Kier alpha value is -0.710. The Balaban J connectivity index is 1.61. The third-order valence-electron chi connectivity index (χ3n) is 6.05. The van der Waals surface area contributed by atoms with Crippen LogP contribution in [0, 0.1) is 5.82 Å². The first-order chi connectivity index (χ1) is 16.8. The van der Waals surface area contributed by atoms with E-state index in [4.69, 9.17) is 18.5 Å². The van der Waals surface area contributed by atoms with Crippen molar-refractivity contribution < 1.29 is 32.6 Å². The number of hydrogen-bond donors (Lipinski definition) is 3. The van der Waals surface area contributed by atoms with Crippen LogP contribution in [0.15, 0.2) is 15.8 Å². The minimum absolute atomic E-state index is 0.0488. The summed E-state index contributed by atoms with van der Waals surface area (Å²) in [4.78, 5) is 25.2. The lowest BCUT2D eigenvalue weighted by Gasteiger charge is -2.40. The second-order valence-electron chi connectivity index (χ2n) is 9.70. The number of nitrogens with one attached hydrogen (secondary N) is 2. The van der Waals surface area contributed by atoms with Crippen LogP contribution in [0.1, 0.15) is 46.3 Å². The van der Waals surface area contributed by atoms with Crippen LogP contribution in [0.4, 0.5) is 4.39 Å². The highest BCUT2D eigenvalue weighted by Crippen LogP contribution is 2.51. The summed E-state index contributed by atoms with van der Waals surface area (Å²) in [7, 11) is -2.14. The van der Waals surface area contributed by atoms with Gasteiger partial charge in [0.05, 0.1) is 31.6 Å². The van der Waals surface area contributed by atoms with Crippen molar-refractivity contribution in [2.75, 3.05) is 31.2 Å². The summed E-state index contributed by atoms with van der Waals surface area (Å²) < 4.78 is 53.4. The molecule has 1 aromatic rings. The summed E-state index contributed by atoms with van der Waals surface area (Å²) in [5, 5.41) is 13.8. The van der Waals surface area contributed by atoms with E-state index in [1.807, 2.05) is 11.9 Å². The average molecular weight is 648 g/mol. The molecule has 206 valence electrons. The number of aromatic nitrogens is 2. The molecule has 12 nitrogen and oxygen atoms in total. The summed E-state index contributed by atoms with van der Waals surface area (Å²) in [6.07, 6.45) is -1.25. The van der Waals surface area contributed by atoms with Crippen molar-refractivity contribution >= 4 is 30.3 Å². The van der Waals surface area contributed by atoms with Gasteiger partial charge in [0.2, 0.25) is 5.82 Å². The topological polar surface area (TPSA) is 144 Å². The molecule has 0 saturated carbocycles. The molecule has 0 radical (unpaired) electrons. The molecule has 3 N–H and O–H groups in total. The van der Waals surface area contributed by atoms with E-state index < -0.39 is 43.2 Å². The Morgan fingerprint density at radius 3 is 2.75 bits per heavy atom. The number of aliphatic hydroxyl groups excluding tert-OH is 1. The smallest absolute Gasteiger partial charge is 0.390 e. The minimum Gasteiger partial charge on any atom is -0.390 e. The van der Waals surface area contributed by atoms with E-state index in [1.54, 1.807) is 7.05 Å². The normalized spacial score (nSPS) is 29.9. The van der Waals surface area contributed by atoms with Gasteiger partial charge in [-0.05, 0) is 34.2 Å². The molecule has 0 aromatic carbocycles. The van der Waals surface area contributed by atoms with Crippen molar-refractivity contribution in [3.63, 3.8) is 0 Å². The molecule has 2 fully saturated rings. The second kappa shape index (κ2) is 12.4. The molecule has 2 aliphatic heterocycles. The van der Waals surface area contributed by atoms with Crippen molar-refractivity contribution in [2.24, 2.45) is 0 Å². The van der Waals surface area contributed by atoms with Gasteiger partial charge in [0.1, 0.15) is 18.6 Å². The second-order valence-corrected chi connectivity index (χ2v) is 12.9. The first kappa shape index (κ1) is 29.8. The minimum atomic E-state index is -3.76. The van der Waals surface area contributed by atoms with E-state index in [-0.39, 0.29) is 37.5 Å². The van der Waals surface area contributed by atoms with Crippen LogP contribution in [-0.4, -0.2) is 80.6 Å². The van der Waals surface area contributed by atoms with Gasteiger partial charge in [-0.1, -0.05) is 22.6 Å². The maximum Gasteiger partial charge on any atom is 0.408 e. The lowest BCUT2D eigenvalue weighted by Crippen LogP contribution is -2.55. The molecule has 2 saturated heterocycles. The molecule has 6 unspecified atom stereocenters. The van der Waals surface area contributed by atoms with Crippen LogP contribution in [0.25, 0.3) is 0 Å². The van der Waals surface area contributed by atoms with Gasteiger partial charge in [0, 0.05) is 29.4 Å². The number of nitrogens with zero attached hydrogens (tertiary/aromatic N) is 2. The fraction of sp³-hybridized carbons (Fsp3) is 0.810. The highest BCUT2D eigenvalue weighted by molar-refractivity contribution is 14.1. The SMILES string of the molecule is CC1CC(C)(C)NC(CCOP(=O)(OCC2OC(n3cc(F)c(=O)[nH]c3=O)CC2O)N(C)CCI)O1. The summed E-state index contributed by atoms with van der Waals surface area (Å²) in [6, 6.07) is 0. The van der Waals surface area contributed by atoms with Gasteiger partial charge >= 0.3 is 13.4 Å². The van der Waals surface area contributed by atoms with Crippen LogP contribution in [0.5, 0.6) is 0 Å². The van der Waals surface area contributed by atoms with Crippen LogP contribution < -0.4 is 16.6 Å². The van der Waals surface area contributed by atoms with Crippen molar-refractivity contribution in [2.45, 2.75) is 76.3 Å². The summed E-state index contributed by atoms with van der Waals surface area (Å²) in [5.41, 5.74) is -2.10. The van der Waals surface area contributed by atoms with Gasteiger partial charge < -0.3 is 14.6 Å². The van der Waals surface area contributed by atoms with E-state index in [2.05, 4.69) is 41.8 Å². The monoisotopic (exact) mass is 648 g/mol. The number of halogens is 2. The van der Waals surface area contributed by atoms with Gasteiger partial charge in [-0.3, -0.25) is 28.7 Å². The van der Waals surface area contributed by atoms with Crippen molar-refractivity contribution in [3.8, 4) is 0 Å². The molecule has 0 aliphatic carbocycles.